The molecule has 2 rings (SSSR count). The van der Waals surface area contributed by atoms with E-state index in [9.17, 15) is 0 Å². The first-order valence-corrected chi connectivity index (χ1v) is 3.77. The zero-order valence-electron chi connectivity index (χ0n) is 7.11. The fourth-order valence-electron chi connectivity index (χ4n) is 1.29. The Hall–Kier alpha value is -1.51. The number of pyridine rings is 1. The number of rotatable bonds is 1. The van der Waals surface area contributed by atoms with Gasteiger partial charge in [0, 0.05) is 0 Å². The molecule has 3 nitrogen and oxygen atoms in total. The first kappa shape index (κ1) is 7.16. The predicted molar refractivity (Wildman–Crippen MR) is 46.5 cm³/mol. The Balaban J connectivity index is 2.75. The van der Waals surface area contributed by atoms with E-state index in [4.69, 9.17) is 4.74 Å². The fourth-order valence-corrected chi connectivity index (χ4v) is 1.29. The van der Waals surface area contributed by atoms with Gasteiger partial charge in [0.2, 0.25) is 0 Å². The third-order valence-electron chi connectivity index (χ3n) is 1.93. The van der Waals surface area contributed by atoms with Crippen LogP contribution in [0.5, 0.6) is 5.75 Å². The summed E-state index contributed by atoms with van der Waals surface area (Å²) in [4.78, 5) is 4.04. The lowest BCUT2D eigenvalue weighted by Crippen LogP contribution is -1.89. The molecule has 0 unspecified atom stereocenters. The van der Waals surface area contributed by atoms with Crippen LogP contribution in [-0.4, -0.2) is 16.5 Å². The van der Waals surface area contributed by atoms with Crippen LogP contribution in [0.3, 0.4) is 0 Å². The summed E-state index contributed by atoms with van der Waals surface area (Å²) in [5.74, 6) is 0.859. The Morgan fingerprint density at radius 2 is 2.33 bits per heavy atom. The van der Waals surface area contributed by atoms with Gasteiger partial charge < -0.3 is 9.14 Å². The molecule has 2 aromatic heterocycles. The standard InChI is InChI=1S/C9H10N2O/c1-7-3-8(12-2)5-11-6-10-4-9(7)11/h3-6H,1-2H3. The minimum atomic E-state index is 0.859. The zero-order valence-corrected chi connectivity index (χ0v) is 7.11. The van der Waals surface area contributed by atoms with E-state index in [1.54, 1.807) is 13.4 Å². The summed E-state index contributed by atoms with van der Waals surface area (Å²) < 4.78 is 7.08. The van der Waals surface area contributed by atoms with Gasteiger partial charge in [0.05, 0.1) is 31.3 Å². The lowest BCUT2D eigenvalue weighted by Gasteiger charge is -2.03. The molecule has 0 amide bonds. The van der Waals surface area contributed by atoms with E-state index in [0.717, 1.165) is 11.3 Å². The van der Waals surface area contributed by atoms with Gasteiger partial charge in [-0.05, 0) is 18.6 Å². The van der Waals surface area contributed by atoms with E-state index in [2.05, 4.69) is 4.98 Å². The largest absolute Gasteiger partial charge is 0.495 e. The molecule has 0 aliphatic heterocycles. The molecule has 2 heterocycles. The second-order valence-electron chi connectivity index (χ2n) is 2.75. The molecule has 0 saturated heterocycles. The number of imidazole rings is 1. The van der Waals surface area contributed by atoms with Crippen LogP contribution in [0.1, 0.15) is 5.56 Å². The van der Waals surface area contributed by atoms with Crippen molar-refractivity contribution in [2.24, 2.45) is 0 Å². The predicted octanol–water partition coefficient (Wildman–Crippen LogP) is 1.65. The number of aromatic nitrogens is 2. The molecule has 0 saturated carbocycles. The van der Waals surface area contributed by atoms with Crippen LogP contribution in [-0.2, 0) is 0 Å². The molecule has 0 atom stereocenters. The Morgan fingerprint density at radius 3 is 3.08 bits per heavy atom. The molecule has 0 aliphatic carbocycles. The maximum Gasteiger partial charge on any atom is 0.135 e. The Labute approximate surface area is 70.6 Å². The summed E-state index contributed by atoms with van der Waals surface area (Å²) in [6.45, 7) is 2.04. The van der Waals surface area contributed by atoms with Crippen molar-refractivity contribution in [2.75, 3.05) is 7.11 Å². The number of methoxy groups -OCH3 is 1. The topological polar surface area (TPSA) is 26.5 Å². The van der Waals surface area contributed by atoms with Gasteiger partial charge in [-0.3, -0.25) is 0 Å². The Kier molecular flexibility index (Phi) is 1.50. The quantitative estimate of drug-likeness (QED) is 0.637. The highest BCUT2D eigenvalue weighted by molar-refractivity contribution is 5.54. The van der Waals surface area contributed by atoms with E-state index in [1.165, 1.54) is 5.56 Å². The molecule has 2 aromatic rings. The first-order valence-electron chi connectivity index (χ1n) is 3.77. The summed E-state index contributed by atoms with van der Waals surface area (Å²) in [6.07, 6.45) is 5.52. The van der Waals surface area contributed by atoms with Gasteiger partial charge >= 0.3 is 0 Å². The van der Waals surface area contributed by atoms with E-state index >= 15 is 0 Å². The number of hydrogen-bond donors (Lipinski definition) is 0. The van der Waals surface area contributed by atoms with Crippen LogP contribution < -0.4 is 4.74 Å². The van der Waals surface area contributed by atoms with Crippen molar-refractivity contribution < 1.29 is 4.74 Å². The second kappa shape index (κ2) is 2.52. The van der Waals surface area contributed by atoms with E-state index in [1.807, 2.05) is 29.8 Å². The molecule has 0 aliphatic rings. The van der Waals surface area contributed by atoms with Crippen LogP contribution in [0.2, 0.25) is 0 Å². The third kappa shape index (κ3) is 0.942. The minimum absolute atomic E-state index is 0.859. The van der Waals surface area contributed by atoms with Crippen molar-refractivity contribution in [1.82, 2.24) is 9.38 Å². The maximum absolute atomic E-state index is 5.12. The summed E-state index contributed by atoms with van der Waals surface area (Å²) in [5.41, 5.74) is 2.29. The zero-order chi connectivity index (χ0) is 8.55. The van der Waals surface area contributed by atoms with Crippen LogP contribution >= 0.6 is 0 Å². The monoisotopic (exact) mass is 162 g/mol. The Morgan fingerprint density at radius 1 is 1.50 bits per heavy atom. The number of hydrogen-bond acceptors (Lipinski definition) is 2. The number of nitrogens with zero attached hydrogens (tertiary/aromatic N) is 2. The van der Waals surface area contributed by atoms with Crippen molar-refractivity contribution >= 4 is 5.52 Å². The highest BCUT2D eigenvalue weighted by atomic mass is 16.5. The minimum Gasteiger partial charge on any atom is -0.495 e. The van der Waals surface area contributed by atoms with Crippen LogP contribution in [0.4, 0.5) is 0 Å². The van der Waals surface area contributed by atoms with Crippen molar-refractivity contribution in [3.8, 4) is 5.75 Å². The molecule has 0 N–H and O–H groups in total. The Bertz CT molecular complexity index is 406. The van der Waals surface area contributed by atoms with Gasteiger partial charge in [-0.15, -0.1) is 0 Å². The molecule has 62 valence electrons. The summed E-state index contributed by atoms with van der Waals surface area (Å²) in [7, 11) is 1.66. The van der Waals surface area contributed by atoms with E-state index in [-0.39, 0.29) is 0 Å². The van der Waals surface area contributed by atoms with Crippen LogP contribution in [0.15, 0.2) is 24.8 Å². The molecule has 0 fully saturated rings. The lowest BCUT2D eigenvalue weighted by molar-refractivity contribution is 0.412. The average molecular weight is 162 g/mol. The maximum atomic E-state index is 5.12. The SMILES string of the molecule is COc1cc(C)c2cncn2c1. The summed E-state index contributed by atoms with van der Waals surface area (Å²) in [6, 6.07) is 2.00. The number of ether oxygens (including phenoxy) is 1. The highest BCUT2D eigenvalue weighted by Gasteiger charge is 1.99. The molecule has 0 aromatic carbocycles. The molecule has 3 heteroatoms. The van der Waals surface area contributed by atoms with Crippen molar-refractivity contribution in [3.05, 3.63) is 30.4 Å². The third-order valence-corrected chi connectivity index (χ3v) is 1.93. The van der Waals surface area contributed by atoms with Crippen LogP contribution in [0, 0.1) is 6.92 Å². The fraction of sp³-hybridized carbons (Fsp3) is 0.222. The van der Waals surface area contributed by atoms with Crippen molar-refractivity contribution in [2.45, 2.75) is 6.92 Å². The van der Waals surface area contributed by atoms with Gasteiger partial charge in [0.15, 0.2) is 0 Å². The van der Waals surface area contributed by atoms with Gasteiger partial charge in [0.1, 0.15) is 5.75 Å². The van der Waals surface area contributed by atoms with Gasteiger partial charge in [-0.25, -0.2) is 4.98 Å². The second-order valence-corrected chi connectivity index (χ2v) is 2.75. The van der Waals surface area contributed by atoms with Gasteiger partial charge in [-0.2, -0.15) is 0 Å². The molecule has 0 spiro atoms. The molecule has 0 radical (unpaired) electrons. The van der Waals surface area contributed by atoms with Crippen molar-refractivity contribution in [3.63, 3.8) is 0 Å². The first-order chi connectivity index (χ1) is 5.81. The van der Waals surface area contributed by atoms with E-state index in [0.29, 0.717) is 0 Å². The van der Waals surface area contributed by atoms with Gasteiger partial charge in [0.25, 0.3) is 0 Å². The molecular formula is C9H10N2O. The van der Waals surface area contributed by atoms with E-state index < -0.39 is 0 Å². The summed E-state index contributed by atoms with van der Waals surface area (Å²) >= 11 is 0. The average Bonchev–Trinajstić information content (AvgIpc) is 2.52. The van der Waals surface area contributed by atoms with Crippen molar-refractivity contribution in [1.29, 1.82) is 0 Å². The molecular weight excluding hydrogens is 152 g/mol. The number of fused-ring (bicyclic) bond motifs is 1. The van der Waals surface area contributed by atoms with Crippen LogP contribution in [0.25, 0.3) is 5.52 Å². The smallest absolute Gasteiger partial charge is 0.135 e. The lowest BCUT2D eigenvalue weighted by atomic mass is 10.2. The molecule has 0 bridgehead atoms. The normalized spacial score (nSPS) is 10.5. The highest BCUT2D eigenvalue weighted by Crippen LogP contribution is 2.16. The molecule has 12 heavy (non-hydrogen) atoms. The summed E-state index contributed by atoms with van der Waals surface area (Å²) in [5, 5.41) is 0. The number of aryl methyl sites for hydroxylation is 1. The van der Waals surface area contributed by atoms with Gasteiger partial charge in [-0.1, -0.05) is 0 Å².